The third-order valence-electron chi connectivity index (χ3n) is 4.98. The Morgan fingerprint density at radius 1 is 1.14 bits per heavy atom. The Balaban J connectivity index is 1.69. The summed E-state index contributed by atoms with van der Waals surface area (Å²) in [7, 11) is 0. The van der Waals surface area contributed by atoms with Gasteiger partial charge in [-0.25, -0.2) is 0 Å². The standard InChI is InChI=1S/C21H28N6S/c1-6-26-12-11-19(25-26)15(3)22-21(28)23-20-16(4)24-27(17(20)5)13-18-10-8-7-9-14(18)2/h7-12,15H,6,13H2,1-5H3,(H2,22,23,28). The predicted octanol–water partition coefficient (Wildman–Crippen LogP) is 4.12. The summed E-state index contributed by atoms with van der Waals surface area (Å²) in [5.41, 5.74) is 6.45. The van der Waals surface area contributed by atoms with Crippen LogP contribution in [0, 0.1) is 20.8 Å². The fraction of sp³-hybridized carbons (Fsp3) is 0.381. The van der Waals surface area contributed by atoms with Gasteiger partial charge in [-0.2, -0.15) is 10.2 Å². The van der Waals surface area contributed by atoms with Gasteiger partial charge in [0, 0.05) is 12.7 Å². The Bertz CT molecular complexity index is 971. The molecule has 3 aromatic rings. The van der Waals surface area contributed by atoms with Crippen molar-refractivity contribution in [1.82, 2.24) is 24.9 Å². The molecule has 1 aromatic carbocycles. The van der Waals surface area contributed by atoms with Crippen LogP contribution in [0.1, 0.15) is 48.1 Å². The van der Waals surface area contributed by atoms with Crippen LogP contribution in [0.5, 0.6) is 0 Å². The van der Waals surface area contributed by atoms with E-state index in [1.807, 2.05) is 28.6 Å². The molecule has 0 bridgehead atoms. The highest BCUT2D eigenvalue weighted by molar-refractivity contribution is 7.80. The van der Waals surface area contributed by atoms with Crippen LogP contribution in [-0.2, 0) is 13.1 Å². The van der Waals surface area contributed by atoms with E-state index in [0.29, 0.717) is 5.11 Å². The van der Waals surface area contributed by atoms with Gasteiger partial charge in [-0.15, -0.1) is 0 Å². The number of rotatable bonds is 6. The second-order valence-electron chi connectivity index (χ2n) is 7.05. The minimum atomic E-state index is 0.0235. The first-order valence-electron chi connectivity index (χ1n) is 9.58. The van der Waals surface area contributed by atoms with E-state index in [0.717, 1.165) is 35.9 Å². The molecule has 3 rings (SSSR count). The van der Waals surface area contributed by atoms with Gasteiger partial charge >= 0.3 is 0 Å². The first kappa shape index (κ1) is 20.1. The molecular formula is C21H28N6S. The van der Waals surface area contributed by atoms with Gasteiger partial charge in [-0.1, -0.05) is 24.3 Å². The van der Waals surface area contributed by atoms with Crippen molar-refractivity contribution in [3.05, 3.63) is 64.7 Å². The maximum Gasteiger partial charge on any atom is 0.171 e. The third-order valence-corrected chi connectivity index (χ3v) is 5.20. The van der Waals surface area contributed by atoms with E-state index in [-0.39, 0.29) is 6.04 Å². The summed E-state index contributed by atoms with van der Waals surface area (Å²) in [5, 5.41) is 16.4. The number of aryl methyl sites for hydroxylation is 3. The van der Waals surface area contributed by atoms with Crippen LogP contribution < -0.4 is 10.6 Å². The number of benzene rings is 1. The van der Waals surface area contributed by atoms with E-state index in [1.165, 1.54) is 11.1 Å². The van der Waals surface area contributed by atoms with Crippen molar-refractivity contribution in [2.75, 3.05) is 5.32 Å². The highest BCUT2D eigenvalue weighted by atomic mass is 32.1. The lowest BCUT2D eigenvalue weighted by atomic mass is 10.1. The summed E-state index contributed by atoms with van der Waals surface area (Å²) in [6.45, 7) is 11.9. The van der Waals surface area contributed by atoms with Gasteiger partial charge in [-0.3, -0.25) is 9.36 Å². The molecule has 28 heavy (non-hydrogen) atoms. The molecule has 0 fully saturated rings. The van der Waals surface area contributed by atoms with E-state index in [1.54, 1.807) is 0 Å². The molecule has 0 spiro atoms. The van der Waals surface area contributed by atoms with Crippen molar-refractivity contribution in [3.8, 4) is 0 Å². The summed E-state index contributed by atoms with van der Waals surface area (Å²) in [5.74, 6) is 0. The van der Waals surface area contributed by atoms with E-state index in [4.69, 9.17) is 17.3 Å². The quantitative estimate of drug-likeness (QED) is 0.614. The number of nitrogens with zero attached hydrogens (tertiary/aromatic N) is 4. The normalized spacial score (nSPS) is 12.0. The van der Waals surface area contributed by atoms with Crippen LogP contribution in [0.25, 0.3) is 0 Å². The van der Waals surface area contributed by atoms with Gasteiger partial charge in [-0.05, 0) is 64.0 Å². The van der Waals surface area contributed by atoms with Gasteiger partial charge in [0.2, 0.25) is 0 Å². The second kappa shape index (κ2) is 8.56. The lowest BCUT2D eigenvalue weighted by Gasteiger charge is -2.16. The number of anilines is 1. The molecule has 0 saturated carbocycles. The summed E-state index contributed by atoms with van der Waals surface area (Å²) in [6, 6.07) is 10.4. The fourth-order valence-corrected chi connectivity index (χ4v) is 3.46. The van der Waals surface area contributed by atoms with Gasteiger partial charge in [0.15, 0.2) is 5.11 Å². The number of hydrogen-bond donors (Lipinski definition) is 2. The molecule has 0 aliphatic heterocycles. The number of aromatic nitrogens is 4. The Kier molecular flexibility index (Phi) is 6.14. The lowest BCUT2D eigenvalue weighted by molar-refractivity contribution is 0.613. The smallest absolute Gasteiger partial charge is 0.171 e. The second-order valence-corrected chi connectivity index (χ2v) is 7.45. The molecule has 0 aliphatic rings. The maximum absolute atomic E-state index is 5.53. The Hall–Kier alpha value is -2.67. The molecule has 2 heterocycles. The average molecular weight is 397 g/mol. The van der Waals surface area contributed by atoms with Gasteiger partial charge in [0.1, 0.15) is 0 Å². The van der Waals surface area contributed by atoms with E-state index >= 15 is 0 Å². The van der Waals surface area contributed by atoms with E-state index in [9.17, 15) is 0 Å². The summed E-state index contributed by atoms with van der Waals surface area (Å²) < 4.78 is 3.93. The molecule has 7 heteroatoms. The summed E-state index contributed by atoms with van der Waals surface area (Å²) in [6.07, 6.45) is 1.98. The maximum atomic E-state index is 5.53. The van der Waals surface area contributed by atoms with Gasteiger partial charge in [0.25, 0.3) is 0 Å². The molecule has 2 N–H and O–H groups in total. The van der Waals surface area contributed by atoms with Crippen LogP contribution in [0.2, 0.25) is 0 Å². The first-order valence-corrected chi connectivity index (χ1v) is 9.99. The first-order chi connectivity index (χ1) is 13.4. The van der Waals surface area contributed by atoms with Crippen LogP contribution >= 0.6 is 12.2 Å². The topological polar surface area (TPSA) is 59.7 Å². The molecule has 0 aliphatic carbocycles. The zero-order valence-electron chi connectivity index (χ0n) is 17.2. The Morgan fingerprint density at radius 2 is 1.89 bits per heavy atom. The molecular weight excluding hydrogens is 368 g/mol. The van der Waals surface area contributed by atoms with E-state index < -0.39 is 0 Å². The number of hydrogen-bond acceptors (Lipinski definition) is 3. The fourth-order valence-electron chi connectivity index (χ4n) is 3.19. The zero-order chi connectivity index (χ0) is 20.3. The van der Waals surface area contributed by atoms with Gasteiger partial charge < -0.3 is 10.6 Å². The molecule has 1 unspecified atom stereocenters. The minimum Gasteiger partial charge on any atom is -0.354 e. The number of thiocarbonyl (C=S) groups is 1. The van der Waals surface area contributed by atoms with Crippen molar-refractivity contribution >= 4 is 23.0 Å². The summed E-state index contributed by atoms with van der Waals surface area (Å²) in [4.78, 5) is 0. The predicted molar refractivity (Wildman–Crippen MR) is 118 cm³/mol. The molecule has 148 valence electrons. The Labute approximate surface area is 172 Å². The van der Waals surface area contributed by atoms with Crippen molar-refractivity contribution in [1.29, 1.82) is 0 Å². The van der Waals surface area contributed by atoms with Crippen molar-refractivity contribution < 1.29 is 0 Å². The van der Waals surface area contributed by atoms with Crippen molar-refractivity contribution in [3.63, 3.8) is 0 Å². The zero-order valence-corrected chi connectivity index (χ0v) is 18.0. The van der Waals surface area contributed by atoms with Gasteiger partial charge in [0.05, 0.1) is 35.4 Å². The molecule has 1 atom stereocenters. The average Bonchev–Trinajstić information content (AvgIpc) is 3.24. The molecule has 0 amide bonds. The minimum absolute atomic E-state index is 0.0235. The van der Waals surface area contributed by atoms with E-state index in [2.05, 4.69) is 67.7 Å². The Morgan fingerprint density at radius 3 is 2.57 bits per heavy atom. The number of nitrogens with one attached hydrogen (secondary N) is 2. The van der Waals surface area contributed by atoms with Crippen LogP contribution in [-0.4, -0.2) is 24.7 Å². The van der Waals surface area contributed by atoms with Crippen molar-refractivity contribution in [2.24, 2.45) is 0 Å². The molecule has 0 saturated heterocycles. The van der Waals surface area contributed by atoms with Crippen LogP contribution in [0.3, 0.4) is 0 Å². The molecule has 0 radical (unpaired) electrons. The highest BCUT2D eigenvalue weighted by Gasteiger charge is 2.15. The highest BCUT2D eigenvalue weighted by Crippen LogP contribution is 2.21. The molecule has 6 nitrogen and oxygen atoms in total. The SMILES string of the molecule is CCn1ccc(C(C)NC(=S)Nc2c(C)nn(Cc3ccccc3C)c2C)n1. The monoisotopic (exact) mass is 396 g/mol. The summed E-state index contributed by atoms with van der Waals surface area (Å²) >= 11 is 5.53. The lowest BCUT2D eigenvalue weighted by Crippen LogP contribution is -2.31. The third kappa shape index (κ3) is 4.42. The van der Waals surface area contributed by atoms with Crippen LogP contribution in [0.4, 0.5) is 5.69 Å². The van der Waals surface area contributed by atoms with Crippen LogP contribution in [0.15, 0.2) is 36.5 Å². The largest absolute Gasteiger partial charge is 0.354 e. The molecule has 2 aromatic heterocycles. The van der Waals surface area contributed by atoms with Crippen molar-refractivity contribution in [2.45, 2.75) is 53.8 Å².